The minimum atomic E-state index is -3.60. The number of amides is 1. The first-order chi connectivity index (χ1) is 14.4. The van der Waals surface area contributed by atoms with Gasteiger partial charge >= 0.3 is 0 Å². The summed E-state index contributed by atoms with van der Waals surface area (Å²) >= 11 is 2.99. The van der Waals surface area contributed by atoms with Gasteiger partial charge in [-0.1, -0.05) is 11.8 Å². The van der Waals surface area contributed by atoms with E-state index >= 15 is 0 Å². The van der Waals surface area contributed by atoms with E-state index in [0.717, 1.165) is 36.2 Å². The number of anilines is 1. The number of benzene rings is 1. The highest BCUT2D eigenvalue weighted by Crippen LogP contribution is 2.35. The molecule has 10 heteroatoms. The maximum atomic E-state index is 12.7. The largest absolute Gasteiger partial charge is 0.325 e. The molecule has 1 N–H and O–H groups in total. The van der Waals surface area contributed by atoms with E-state index in [1.807, 2.05) is 27.7 Å². The number of thioether (sulfide) groups is 1. The summed E-state index contributed by atoms with van der Waals surface area (Å²) in [6.07, 6.45) is 0. The van der Waals surface area contributed by atoms with E-state index in [4.69, 9.17) is 0 Å². The van der Waals surface area contributed by atoms with E-state index < -0.39 is 10.0 Å². The van der Waals surface area contributed by atoms with E-state index in [1.54, 1.807) is 17.4 Å². The maximum Gasteiger partial charge on any atom is 0.242 e. The Morgan fingerprint density at radius 1 is 1.10 bits per heavy atom. The summed E-state index contributed by atoms with van der Waals surface area (Å²) in [5.74, 6) is 0.605. The molecule has 3 rings (SSSR count). The zero-order valence-electron chi connectivity index (χ0n) is 18.7. The fourth-order valence-corrected chi connectivity index (χ4v) is 6.14. The summed E-state index contributed by atoms with van der Waals surface area (Å²) in [5, 5.41) is 4.66. The van der Waals surface area contributed by atoms with E-state index in [-0.39, 0.29) is 16.6 Å². The summed E-state index contributed by atoms with van der Waals surface area (Å²) in [6, 6.07) is 3.14. The lowest BCUT2D eigenvalue weighted by Gasteiger charge is -2.16. The van der Waals surface area contributed by atoms with Gasteiger partial charge < -0.3 is 5.32 Å². The van der Waals surface area contributed by atoms with Gasteiger partial charge in [0.2, 0.25) is 15.9 Å². The molecular formula is C21H26N4O3S3. The second kappa shape index (κ2) is 8.85. The molecule has 1 amide bonds. The van der Waals surface area contributed by atoms with Crippen LogP contribution < -0.4 is 5.32 Å². The zero-order valence-corrected chi connectivity index (χ0v) is 21.1. The fourth-order valence-electron chi connectivity index (χ4n) is 3.05. The average Bonchev–Trinajstić information content (AvgIpc) is 2.96. The average molecular weight is 479 g/mol. The number of aryl methyl sites for hydroxylation is 4. The number of thiophene rings is 1. The number of sulfonamides is 1. The summed E-state index contributed by atoms with van der Waals surface area (Å²) in [4.78, 5) is 24.1. The summed E-state index contributed by atoms with van der Waals surface area (Å²) in [7, 11) is -0.632. The number of nitrogens with one attached hydrogen (secondary N) is 1. The number of hydrogen-bond donors (Lipinski definition) is 1. The molecule has 0 saturated heterocycles. The number of carbonyl (C=O) groups excluding carboxylic acids is 1. The molecule has 2 aromatic heterocycles. The molecule has 0 aliphatic heterocycles. The Hall–Kier alpha value is -2.01. The predicted molar refractivity (Wildman–Crippen MR) is 128 cm³/mol. The third-order valence-electron chi connectivity index (χ3n) is 5.14. The van der Waals surface area contributed by atoms with Crippen LogP contribution in [0.4, 0.5) is 5.69 Å². The number of nitrogens with zero attached hydrogens (tertiary/aromatic N) is 3. The van der Waals surface area contributed by atoms with Gasteiger partial charge in [0, 0.05) is 30.0 Å². The van der Waals surface area contributed by atoms with Crippen molar-refractivity contribution in [2.45, 2.75) is 44.5 Å². The van der Waals surface area contributed by atoms with Crippen LogP contribution in [0.15, 0.2) is 22.1 Å². The van der Waals surface area contributed by atoms with Gasteiger partial charge in [-0.2, -0.15) is 0 Å². The molecule has 0 fully saturated rings. The lowest BCUT2D eigenvalue weighted by atomic mass is 10.1. The topological polar surface area (TPSA) is 92.3 Å². The van der Waals surface area contributed by atoms with Gasteiger partial charge in [-0.05, 0) is 63.4 Å². The second-order valence-electron chi connectivity index (χ2n) is 7.58. The first kappa shape index (κ1) is 23.6. The molecule has 31 heavy (non-hydrogen) atoms. The Kier molecular flexibility index (Phi) is 6.75. The lowest BCUT2D eigenvalue weighted by molar-refractivity contribution is -0.113. The molecule has 166 valence electrons. The van der Waals surface area contributed by atoms with Crippen molar-refractivity contribution in [2.75, 3.05) is 25.2 Å². The molecule has 0 saturated carbocycles. The van der Waals surface area contributed by atoms with Gasteiger partial charge in [0.25, 0.3) is 0 Å². The number of fused-ring (bicyclic) bond motifs is 1. The molecule has 1 aromatic carbocycles. The van der Waals surface area contributed by atoms with Crippen LogP contribution >= 0.6 is 23.1 Å². The summed E-state index contributed by atoms with van der Waals surface area (Å²) in [6.45, 7) is 9.63. The van der Waals surface area contributed by atoms with Gasteiger partial charge in [-0.25, -0.2) is 22.7 Å². The molecule has 7 nitrogen and oxygen atoms in total. The van der Waals surface area contributed by atoms with Crippen molar-refractivity contribution in [1.82, 2.24) is 14.3 Å². The number of carbonyl (C=O) groups is 1. The van der Waals surface area contributed by atoms with Crippen LogP contribution in [-0.4, -0.2) is 48.4 Å². The minimum Gasteiger partial charge on any atom is -0.325 e. The van der Waals surface area contributed by atoms with Gasteiger partial charge in [0.05, 0.1) is 10.6 Å². The van der Waals surface area contributed by atoms with Crippen LogP contribution in [0.1, 0.15) is 27.4 Å². The third kappa shape index (κ3) is 4.77. The van der Waals surface area contributed by atoms with Crippen molar-refractivity contribution < 1.29 is 13.2 Å². The van der Waals surface area contributed by atoms with Crippen molar-refractivity contribution >= 4 is 54.9 Å². The van der Waals surface area contributed by atoms with Crippen molar-refractivity contribution in [2.24, 2.45) is 0 Å². The Balaban J connectivity index is 1.84. The molecule has 0 atom stereocenters. The monoisotopic (exact) mass is 478 g/mol. The van der Waals surface area contributed by atoms with Crippen LogP contribution in [0, 0.1) is 34.6 Å². The van der Waals surface area contributed by atoms with Crippen LogP contribution in [0.25, 0.3) is 10.2 Å². The molecule has 0 bridgehead atoms. The predicted octanol–water partition coefficient (Wildman–Crippen LogP) is 4.21. The Morgan fingerprint density at radius 2 is 1.77 bits per heavy atom. The standard InChI is InChI=1S/C21H26N4O3S3/c1-11-8-16(31(27,28)25(6)7)9-17(12(11)2)24-18(26)10-29-20-19-13(3)14(4)30-21(19)23-15(5)22-20/h8-9H,10H2,1-7H3,(H,24,26). The number of hydrogen-bond acceptors (Lipinski definition) is 7. The van der Waals surface area contributed by atoms with Crippen molar-refractivity contribution in [3.63, 3.8) is 0 Å². The first-order valence-electron chi connectivity index (χ1n) is 9.62. The van der Waals surface area contributed by atoms with Crippen molar-refractivity contribution in [1.29, 1.82) is 0 Å². The van der Waals surface area contributed by atoms with Crippen LogP contribution in [0.3, 0.4) is 0 Å². The number of aromatic nitrogens is 2. The molecule has 0 radical (unpaired) electrons. The number of rotatable bonds is 6. The highest BCUT2D eigenvalue weighted by Gasteiger charge is 2.21. The zero-order chi connectivity index (χ0) is 23.1. The van der Waals surface area contributed by atoms with Crippen molar-refractivity contribution in [3.8, 4) is 0 Å². The van der Waals surface area contributed by atoms with E-state index in [2.05, 4.69) is 22.2 Å². The molecule has 0 aliphatic carbocycles. The van der Waals surface area contributed by atoms with Crippen LogP contribution in [0.2, 0.25) is 0 Å². The normalized spacial score (nSPS) is 12.0. The molecule has 2 heterocycles. The maximum absolute atomic E-state index is 12.7. The third-order valence-corrected chi connectivity index (χ3v) is 9.01. The van der Waals surface area contributed by atoms with Crippen LogP contribution in [0.5, 0.6) is 0 Å². The Bertz CT molecular complexity index is 1280. The highest BCUT2D eigenvalue weighted by atomic mass is 32.2. The smallest absolute Gasteiger partial charge is 0.242 e. The fraction of sp³-hybridized carbons (Fsp3) is 0.381. The summed E-state index contributed by atoms with van der Waals surface area (Å²) < 4.78 is 26.2. The van der Waals surface area contributed by atoms with E-state index in [1.165, 1.54) is 36.8 Å². The van der Waals surface area contributed by atoms with Crippen LogP contribution in [-0.2, 0) is 14.8 Å². The SMILES string of the molecule is Cc1nc(SCC(=O)Nc2cc(S(=O)(=O)N(C)C)cc(C)c2C)c2c(C)c(C)sc2n1. The Labute approximate surface area is 191 Å². The van der Waals surface area contributed by atoms with Crippen molar-refractivity contribution in [3.05, 3.63) is 39.5 Å². The molecule has 0 spiro atoms. The quantitative estimate of drug-likeness (QED) is 0.421. The second-order valence-corrected chi connectivity index (χ2v) is 11.9. The highest BCUT2D eigenvalue weighted by molar-refractivity contribution is 8.00. The van der Waals surface area contributed by atoms with Gasteiger partial charge in [0.1, 0.15) is 15.7 Å². The van der Waals surface area contributed by atoms with E-state index in [0.29, 0.717) is 11.5 Å². The first-order valence-corrected chi connectivity index (χ1v) is 12.9. The van der Waals surface area contributed by atoms with Gasteiger partial charge in [-0.15, -0.1) is 11.3 Å². The minimum absolute atomic E-state index is 0.154. The molecule has 0 aliphatic rings. The lowest BCUT2D eigenvalue weighted by Crippen LogP contribution is -2.23. The van der Waals surface area contributed by atoms with Gasteiger partial charge in [0.15, 0.2) is 0 Å². The molecular weight excluding hydrogens is 452 g/mol. The molecule has 0 unspecified atom stereocenters. The van der Waals surface area contributed by atoms with Gasteiger partial charge in [-0.3, -0.25) is 4.79 Å². The molecule has 3 aromatic rings. The van der Waals surface area contributed by atoms with E-state index in [9.17, 15) is 13.2 Å². The summed E-state index contributed by atoms with van der Waals surface area (Å²) in [5.41, 5.74) is 3.26. The Morgan fingerprint density at radius 3 is 2.42 bits per heavy atom.